The maximum Gasteiger partial charge on any atom is 0.490 e. The van der Waals surface area contributed by atoms with Crippen molar-refractivity contribution in [3.05, 3.63) is 95.6 Å². The Hall–Kier alpha value is -5.07. The van der Waals surface area contributed by atoms with Gasteiger partial charge in [0.15, 0.2) is 5.96 Å². The number of guanidine groups is 1. The number of aliphatic imine (C=N–C) groups is 1. The van der Waals surface area contributed by atoms with Crippen molar-refractivity contribution < 1.29 is 37.4 Å². The molecule has 7 N–H and O–H groups in total. The first kappa shape index (κ1) is 31.1. The highest BCUT2D eigenvalue weighted by Gasteiger charge is 2.38. The van der Waals surface area contributed by atoms with E-state index in [0.29, 0.717) is 23.6 Å². The predicted molar refractivity (Wildman–Crippen MR) is 141 cm³/mol. The van der Waals surface area contributed by atoms with Crippen molar-refractivity contribution in [2.24, 2.45) is 16.5 Å². The van der Waals surface area contributed by atoms with Gasteiger partial charge >= 0.3 is 12.1 Å². The molecule has 0 fully saturated rings. The van der Waals surface area contributed by atoms with E-state index in [0.717, 1.165) is 11.1 Å². The number of hydrogen-bond donors (Lipinski definition) is 5. The lowest BCUT2D eigenvalue weighted by Gasteiger charge is -2.18. The third-order valence-electron chi connectivity index (χ3n) is 4.98. The Labute approximate surface area is 227 Å². The number of nitrogens with two attached hydrogens (primary N) is 2. The summed E-state index contributed by atoms with van der Waals surface area (Å²) >= 11 is 0. The number of alkyl halides is 3. The number of aliphatic carboxylic acids is 1. The second-order valence-electron chi connectivity index (χ2n) is 8.20. The molecule has 10 nitrogen and oxygen atoms in total. The summed E-state index contributed by atoms with van der Waals surface area (Å²) in [6.45, 7) is 2.10. The number of amides is 2. The zero-order valence-electron chi connectivity index (χ0n) is 21.3. The number of ether oxygens (including phenoxy) is 1. The van der Waals surface area contributed by atoms with Crippen molar-refractivity contribution in [2.45, 2.75) is 32.3 Å². The second-order valence-corrected chi connectivity index (χ2v) is 8.20. The number of nitrogens with zero attached hydrogens (tertiary/aromatic N) is 1. The standard InChI is InChI=1S/C25H27N5O3.C2HF3O2/c1-17(31)29-23(24(32)28-15-18-7-11-21(12-8-18)30-25(26)27)20-9-13-22(14-10-20)33-16-19-5-3-2-4-6-19;3-2(4,5)1(6)7/h2-14,23H,15-16H2,1H3,(H,28,32)(H,29,31)(H4,26,27,30);(H,6,7)/t23-;/m0./s1. The Morgan fingerprint density at radius 3 is 2.00 bits per heavy atom. The molecule has 3 aromatic rings. The number of carbonyl (C=O) groups is 3. The summed E-state index contributed by atoms with van der Waals surface area (Å²) in [5, 5.41) is 12.7. The number of carbonyl (C=O) groups excluding carboxylic acids is 2. The fraction of sp³-hybridized carbons (Fsp3) is 0.185. The fourth-order valence-electron chi connectivity index (χ4n) is 3.13. The van der Waals surface area contributed by atoms with E-state index in [1.165, 1.54) is 6.92 Å². The normalized spacial score (nSPS) is 11.2. The largest absolute Gasteiger partial charge is 0.490 e. The molecule has 0 saturated carbocycles. The van der Waals surface area contributed by atoms with E-state index in [4.69, 9.17) is 26.1 Å². The highest BCUT2D eigenvalue weighted by atomic mass is 19.4. The predicted octanol–water partition coefficient (Wildman–Crippen LogP) is 3.30. The highest BCUT2D eigenvalue weighted by molar-refractivity contribution is 5.88. The summed E-state index contributed by atoms with van der Waals surface area (Å²) < 4.78 is 37.5. The summed E-state index contributed by atoms with van der Waals surface area (Å²) in [7, 11) is 0. The minimum atomic E-state index is -5.08. The molecule has 3 aromatic carbocycles. The van der Waals surface area contributed by atoms with E-state index in [-0.39, 0.29) is 24.3 Å². The first-order chi connectivity index (χ1) is 18.8. The zero-order valence-corrected chi connectivity index (χ0v) is 21.3. The third kappa shape index (κ3) is 11.1. The van der Waals surface area contributed by atoms with Crippen LogP contribution in [-0.4, -0.2) is 35.0 Å². The van der Waals surface area contributed by atoms with E-state index in [2.05, 4.69) is 15.6 Å². The van der Waals surface area contributed by atoms with Crippen LogP contribution in [0.15, 0.2) is 83.9 Å². The molecule has 0 heterocycles. The van der Waals surface area contributed by atoms with Crippen LogP contribution in [0.5, 0.6) is 5.75 Å². The monoisotopic (exact) mass is 559 g/mol. The molecule has 0 saturated heterocycles. The topological polar surface area (TPSA) is 169 Å². The molecule has 40 heavy (non-hydrogen) atoms. The molecule has 0 aliphatic carbocycles. The summed E-state index contributed by atoms with van der Waals surface area (Å²) in [6.07, 6.45) is -5.08. The first-order valence-electron chi connectivity index (χ1n) is 11.7. The maximum atomic E-state index is 12.8. The number of benzene rings is 3. The Bertz CT molecular complexity index is 1290. The molecule has 1 atom stereocenters. The molecule has 0 unspecified atom stereocenters. The van der Waals surface area contributed by atoms with E-state index in [9.17, 15) is 22.8 Å². The number of carboxylic acid groups (broad SMARTS) is 1. The lowest BCUT2D eigenvalue weighted by atomic mass is 10.1. The van der Waals surface area contributed by atoms with Crippen LogP contribution in [0.2, 0.25) is 0 Å². The smallest absolute Gasteiger partial charge is 0.489 e. The minimum absolute atomic E-state index is 0.0225. The molecule has 0 bridgehead atoms. The lowest BCUT2D eigenvalue weighted by Crippen LogP contribution is -2.39. The van der Waals surface area contributed by atoms with Crippen molar-refractivity contribution in [1.82, 2.24) is 10.6 Å². The van der Waals surface area contributed by atoms with Gasteiger partial charge in [0.1, 0.15) is 18.4 Å². The Morgan fingerprint density at radius 1 is 0.925 bits per heavy atom. The third-order valence-corrected chi connectivity index (χ3v) is 4.98. The molecule has 0 radical (unpaired) electrons. The van der Waals surface area contributed by atoms with Crippen LogP contribution in [0.25, 0.3) is 0 Å². The maximum absolute atomic E-state index is 12.8. The van der Waals surface area contributed by atoms with Gasteiger partial charge in [-0.3, -0.25) is 9.59 Å². The van der Waals surface area contributed by atoms with Crippen LogP contribution in [0.4, 0.5) is 18.9 Å². The van der Waals surface area contributed by atoms with Crippen LogP contribution >= 0.6 is 0 Å². The highest BCUT2D eigenvalue weighted by Crippen LogP contribution is 2.20. The van der Waals surface area contributed by atoms with Gasteiger partial charge < -0.3 is 31.9 Å². The van der Waals surface area contributed by atoms with Crippen LogP contribution in [0.3, 0.4) is 0 Å². The van der Waals surface area contributed by atoms with E-state index in [1.807, 2.05) is 42.5 Å². The Morgan fingerprint density at radius 2 is 1.50 bits per heavy atom. The number of rotatable bonds is 9. The fourth-order valence-corrected chi connectivity index (χ4v) is 3.13. The number of halogens is 3. The summed E-state index contributed by atoms with van der Waals surface area (Å²) in [6, 6.07) is 23.2. The molecule has 0 aliphatic rings. The van der Waals surface area contributed by atoms with Gasteiger partial charge in [-0.05, 0) is 41.0 Å². The molecule has 2 amide bonds. The second kappa shape index (κ2) is 14.8. The molecule has 212 valence electrons. The van der Waals surface area contributed by atoms with Crippen LogP contribution in [0, 0.1) is 0 Å². The SMILES string of the molecule is CC(=O)N[C@H](C(=O)NCc1ccc(N=C(N)N)cc1)c1ccc(OCc2ccccc2)cc1.O=C(O)C(F)(F)F. The van der Waals surface area contributed by atoms with Gasteiger partial charge in [0.25, 0.3) is 0 Å². The average molecular weight is 560 g/mol. The number of nitrogens with one attached hydrogen (secondary N) is 2. The summed E-state index contributed by atoms with van der Waals surface area (Å²) in [5.41, 5.74) is 13.9. The van der Waals surface area contributed by atoms with Gasteiger partial charge in [-0.2, -0.15) is 13.2 Å². The van der Waals surface area contributed by atoms with Crippen LogP contribution < -0.4 is 26.8 Å². The van der Waals surface area contributed by atoms with Crippen LogP contribution in [-0.2, 0) is 27.5 Å². The Balaban J connectivity index is 0.000000708. The van der Waals surface area contributed by atoms with Gasteiger partial charge in [0.2, 0.25) is 11.8 Å². The number of carboxylic acids is 1. The molecular weight excluding hydrogens is 531 g/mol. The van der Waals surface area contributed by atoms with Crippen molar-refractivity contribution in [1.29, 1.82) is 0 Å². The average Bonchev–Trinajstić information content (AvgIpc) is 2.90. The van der Waals surface area contributed by atoms with Crippen molar-refractivity contribution >= 4 is 29.4 Å². The quantitative estimate of drug-likeness (QED) is 0.198. The van der Waals surface area contributed by atoms with E-state index < -0.39 is 18.2 Å². The van der Waals surface area contributed by atoms with Gasteiger partial charge in [-0.1, -0.05) is 54.6 Å². The lowest BCUT2D eigenvalue weighted by molar-refractivity contribution is -0.192. The molecule has 0 aromatic heterocycles. The minimum Gasteiger partial charge on any atom is -0.489 e. The van der Waals surface area contributed by atoms with Gasteiger partial charge in [-0.25, -0.2) is 9.79 Å². The van der Waals surface area contributed by atoms with E-state index >= 15 is 0 Å². The molecular formula is C27H28F3N5O5. The van der Waals surface area contributed by atoms with Crippen molar-refractivity contribution in [2.75, 3.05) is 0 Å². The summed E-state index contributed by atoms with van der Waals surface area (Å²) in [4.78, 5) is 37.4. The summed E-state index contributed by atoms with van der Waals surface area (Å²) in [5.74, 6) is -2.73. The number of hydrogen-bond acceptors (Lipinski definition) is 5. The van der Waals surface area contributed by atoms with Gasteiger partial charge in [-0.15, -0.1) is 0 Å². The Kier molecular flexibility index (Phi) is 11.5. The zero-order chi connectivity index (χ0) is 29.7. The van der Waals surface area contributed by atoms with E-state index in [1.54, 1.807) is 36.4 Å². The van der Waals surface area contributed by atoms with Crippen LogP contribution in [0.1, 0.15) is 29.7 Å². The molecule has 0 aliphatic heterocycles. The molecule has 3 rings (SSSR count). The van der Waals surface area contributed by atoms with Gasteiger partial charge in [0.05, 0.1) is 5.69 Å². The van der Waals surface area contributed by atoms with Gasteiger partial charge in [0, 0.05) is 13.5 Å². The first-order valence-corrected chi connectivity index (χ1v) is 11.7. The molecule has 13 heteroatoms. The van der Waals surface area contributed by atoms with Crippen molar-refractivity contribution in [3.8, 4) is 5.75 Å². The molecule has 0 spiro atoms. The van der Waals surface area contributed by atoms with Crippen molar-refractivity contribution in [3.63, 3.8) is 0 Å².